The van der Waals surface area contributed by atoms with Crippen molar-refractivity contribution in [2.45, 2.75) is 19.6 Å². The molecular formula is C24H18N8S2Se2. The number of nitrogens with two attached hydrogens (primary N) is 4. The van der Waals surface area contributed by atoms with Gasteiger partial charge in [0.1, 0.15) is 0 Å². The number of benzene rings is 2. The van der Waals surface area contributed by atoms with Crippen LogP contribution in [0.25, 0.3) is 0 Å². The first-order valence-electron chi connectivity index (χ1n) is 10.2. The van der Waals surface area contributed by atoms with E-state index >= 15 is 0 Å². The summed E-state index contributed by atoms with van der Waals surface area (Å²) >= 11 is 2.04. The molecule has 0 fully saturated rings. The zero-order valence-corrected chi connectivity index (χ0v) is 23.6. The summed E-state index contributed by atoms with van der Waals surface area (Å²) in [7, 11) is 0. The normalized spacial score (nSPS) is 10.5. The van der Waals surface area contributed by atoms with Crippen molar-refractivity contribution in [2.75, 3.05) is 22.9 Å². The summed E-state index contributed by atoms with van der Waals surface area (Å²) in [4.78, 5) is 12.0. The Labute approximate surface area is 227 Å². The van der Waals surface area contributed by atoms with Gasteiger partial charge in [-0.1, -0.05) is 0 Å². The van der Waals surface area contributed by atoms with Crippen molar-refractivity contribution in [1.29, 1.82) is 10.5 Å². The second kappa shape index (κ2) is 11.6. The van der Waals surface area contributed by atoms with E-state index < -0.39 is 0 Å². The Bertz CT molecular complexity index is 1390. The first-order chi connectivity index (χ1) is 17.4. The topological polar surface area (TPSA) is 177 Å². The number of hydrogen-bond donors (Lipinski definition) is 4. The summed E-state index contributed by atoms with van der Waals surface area (Å²) in [6, 6.07) is 23.5. The van der Waals surface area contributed by atoms with Gasteiger partial charge in [-0.15, -0.1) is 0 Å². The van der Waals surface area contributed by atoms with Crippen LogP contribution in [0.3, 0.4) is 0 Å². The number of anilines is 4. The summed E-state index contributed by atoms with van der Waals surface area (Å²) in [6.45, 7) is 0. The maximum atomic E-state index is 9.83. The van der Waals surface area contributed by atoms with Gasteiger partial charge in [0.2, 0.25) is 0 Å². The van der Waals surface area contributed by atoms with Gasteiger partial charge in [0, 0.05) is 0 Å². The molecule has 0 aliphatic heterocycles. The summed E-state index contributed by atoms with van der Waals surface area (Å²) in [6.07, 6.45) is 0. The van der Waals surface area contributed by atoms with Crippen LogP contribution in [0.2, 0.25) is 0 Å². The van der Waals surface area contributed by atoms with E-state index in [9.17, 15) is 10.5 Å². The first-order valence-corrected chi connectivity index (χ1v) is 17.9. The van der Waals surface area contributed by atoms with Crippen LogP contribution in [0, 0.1) is 22.7 Å². The summed E-state index contributed by atoms with van der Waals surface area (Å²) in [5, 5.41) is 19.7. The van der Waals surface area contributed by atoms with E-state index in [4.69, 9.17) is 22.9 Å². The number of rotatable bonds is 7. The van der Waals surface area contributed by atoms with Crippen molar-refractivity contribution >= 4 is 82.0 Å². The molecule has 4 aromatic rings. The van der Waals surface area contributed by atoms with E-state index in [0.717, 1.165) is 9.79 Å². The number of aromatic nitrogens is 2. The van der Waals surface area contributed by atoms with Crippen LogP contribution in [0.5, 0.6) is 0 Å². The molecule has 2 aromatic carbocycles. The van der Waals surface area contributed by atoms with Gasteiger partial charge in [-0.25, -0.2) is 0 Å². The SMILES string of the molecule is N#Cc1c([Se][Se]c2nc(N)c(Sc3ccccc3)c(N)c2C#N)nc(N)c(Sc2ccccc2)c1N. The van der Waals surface area contributed by atoms with Gasteiger partial charge in [0.25, 0.3) is 0 Å². The molecule has 12 heteroatoms. The minimum atomic E-state index is -0.345. The maximum absolute atomic E-state index is 9.83. The quantitative estimate of drug-likeness (QED) is 0.219. The molecule has 0 aliphatic carbocycles. The number of pyridine rings is 2. The Morgan fingerprint density at radius 2 is 0.972 bits per heavy atom. The number of nitrogens with zero attached hydrogens (tertiary/aromatic N) is 4. The average Bonchev–Trinajstić information content (AvgIpc) is 2.89. The molecule has 0 spiro atoms. The van der Waals surface area contributed by atoms with E-state index in [1.54, 1.807) is 0 Å². The molecule has 0 amide bonds. The summed E-state index contributed by atoms with van der Waals surface area (Å²) in [5.41, 5.74) is 26.4. The molecule has 8 N–H and O–H groups in total. The Balaban J connectivity index is 1.63. The fourth-order valence-corrected chi connectivity index (χ4v) is 11.0. The van der Waals surface area contributed by atoms with Crippen LogP contribution in [-0.4, -0.2) is 36.2 Å². The third-order valence-corrected chi connectivity index (χ3v) is 13.4. The van der Waals surface area contributed by atoms with Gasteiger partial charge in [-0.2, -0.15) is 0 Å². The van der Waals surface area contributed by atoms with Gasteiger partial charge in [-0.05, 0) is 0 Å². The second-order valence-corrected chi connectivity index (χ2v) is 15.2. The molecule has 2 heterocycles. The van der Waals surface area contributed by atoms with Crippen LogP contribution in [0.15, 0.2) is 80.2 Å². The molecule has 36 heavy (non-hydrogen) atoms. The zero-order chi connectivity index (χ0) is 25.7. The van der Waals surface area contributed by atoms with Crippen LogP contribution >= 0.6 is 23.5 Å². The van der Waals surface area contributed by atoms with Crippen molar-refractivity contribution in [3.05, 3.63) is 71.8 Å². The van der Waals surface area contributed by atoms with Gasteiger partial charge in [0.15, 0.2) is 0 Å². The Kier molecular flexibility index (Phi) is 8.29. The fraction of sp³-hybridized carbons (Fsp3) is 0. The molecule has 0 saturated carbocycles. The standard InChI is InChI=1S/C24H18N8S2Se2/c25-11-15-17(27)19(33-13-7-3-1-4-8-13)21(29)31-23(15)35-36-24-16(12-26)18(28)20(22(30)32-24)34-14-9-5-2-6-10-14/h1-10H,(H4,27,29,31)(H4,28,30,32). The minimum absolute atomic E-state index is 0.259. The van der Waals surface area contributed by atoms with Crippen molar-refractivity contribution in [3.8, 4) is 12.1 Å². The van der Waals surface area contributed by atoms with Crippen LogP contribution in [0.4, 0.5) is 23.0 Å². The predicted octanol–water partition coefficient (Wildman–Crippen LogP) is 2.13. The van der Waals surface area contributed by atoms with E-state index in [-0.39, 0.29) is 37.9 Å². The van der Waals surface area contributed by atoms with Gasteiger partial charge < -0.3 is 0 Å². The summed E-state index contributed by atoms with van der Waals surface area (Å²) < 4.78 is 1.03. The molecule has 0 atom stereocenters. The third-order valence-electron chi connectivity index (χ3n) is 4.71. The van der Waals surface area contributed by atoms with Crippen molar-refractivity contribution in [3.63, 3.8) is 0 Å². The van der Waals surface area contributed by atoms with Crippen molar-refractivity contribution in [2.24, 2.45) is 0 Å². The van der Waals surface area contributed by atoms with Crippen molar-refractivity contribution in [1.82, 2.24) is 9.97 Å². The fourth-order valence-electron chi connectivity index (χ4n) is 3.01. The molecule has 8 nitrogen and oxygen atoms in total. The Morgan fingerprint density at radius 1 is 0.611 bits per heavy atom. The number of nitriles is 2. The van der Waals surface area contributed by atoms with Gasteiger partial charge in [0.05, 0.1) is 0 Å². The molecule has 0 unspecified atom stereocenters. The van der Waals surface area contributed by atoms with E-state index in [2.05, 4.69) is 22.1 Å². The Hall–Kier alpha value is -3.34. The third kappa shape index (κ3) is 5.56. The molecule has 0 bridgehead atoms. The Morgan fingerprint density at radius 3 is 1.31 bits per heavy atom. The molecule has 0 saturated heterocycles. The summed E-state index contributed by atoms with van der Waals surface area (Å²) in [5.74, 6) is 0.519. The van der Waals surface area contributed by atoms with Gasteiger partial charge >= 0.3 is 229 Å². The second-order valence-electron chi connectivity index (χ2n) is 7.06. The zero-order valence-electron chi connectivity index (χ0n) is 18.5. The van der Waals surface area contributed by atoms with Crippen LogP contribution in [-0.2, 0) is 0 Å². The monoisotopic (exact) mass is 642 g/mol. The van der Waals surface area contributed by atoms with Gasteiger partial charge in [-0.3, -0.25) is 0 Å². The molecular weight excluding hydrogens is 622 g/mol. The molecule has 0 radical (unpaired) electrons. The van der Waals surface area contributed by atoms with Crippen LogP contribution < -0.4 is 32.1 Å². The first kappa shape index (κ1) is 25.7. The van der Waals surface area contributed by atoms with E-state index in [1.807, 2.05) is 60.7 Å². The predicted molar refractivity (Wildman–Crippen MR) is 147 cm³/mol. The van der Waals surface area contributed by atoms with E-state index in [1.165, 1.54) is 23.5 Å². The van der Waals surface area contributed by atoms with Crippen molar-refractivity contribution < 1.29 is 0 Å². The average molecular weight is 641 g/mol. The van der Waals surface area contributed by atoms with Crippen LogP contribution in [0.1, 0.15) is 11.1 Å². The number of nitrogen functional groups attached to an aromatic ring is 4. The molecule has 0 aliphatic rings. The van der Waals surface area contributed by atoms with E-state index in [0.29, 0.717) is 41.5 Å². The molecule has 178 valence electrons. The number of hydrogen-bond acceptors (Lipinski definition) is 10. The molecule has 2 aromatic heterocycles. The molecule has 4 rings (SSSR count).